The van der Waals surface area contributed by atoms with Gasteiger partial charge in [-0.2, -0.15) is 0 Å². The van der Waals surface area contributed by atoms with Gasteiger partial charge >= 0.3 is 0 Å². The highest BCUT2D eigenvalue weighted by Gasteiger charge is 2.26. The number of amides is 1. The highest BCUT2D eigenvalue weighted by atomic mass is 16.5. The SMILES string of the molecule is COC(CN)C(=O)N1CCN(Cc2ccccc2)CC1. The molecule has 20 heavy (non-hydrogen) atoms. The summed E-state index contributed by atoms with van der Waals surface area (Å²) < 4.78 is 5.11. The van der Waals surface area contributed by atoms with Crippen LogP contribution in [0.4, 0.5) is 0 Å². The minimum atomic E-state index is -0.504. The lowest BCUT2D eigenvalue weighted by atomic mass is 10.2. The molecule has 1 fully saturated rings. The molecule has 1 aromatic rings. The molecule has 110 valence electrons. The summed E-state index contributed by atoms with van der Waals surface area (Å²) in [5.41, 5.74) is 6.85. The molecule has 0 aliphatic carbocycles. The Kier molecular flexibility index (Phi) is 5.52. The molecule has 2 N–H and O–H groups in total. The first-order valence-corrected chi connectivity index (χ1v) is 7.02. The molecule has 2 rings (SSSR count). The Labute approximate surface area is 120 Å². The number of benzene rings is 1. The Balaban J connectivity index is 1.82. The number of rotatable bonds is 5. The average Bonchev–Trinajstić information content (AvgIpc) is 2.50. The molecule has 1 aromatic carbocycles. The molecule has 0 aromatic heterocycles. The molecule has 1 amide bonds. The lowest BCUT2D eigenvalue weighted by molar-refractivity contribution is -0.143. The third-order valence-corrected chi connectivity index (χ3v) is 3.71. The van der Waals surface area contributed by atoms with Crippen molar-refractivity contribution in [3.8, 4) is 0 Å². The molecule has 1 aliphatic rings. The summed E-state index contributed by atoms with van der Waals surface area (Å²) in [6.07, 6.45) is -0.504. The number of methoxy groups -OCH3 is 1. The van der Waals surface area contributed by atoms with Crippen molar-refractivity contribution in [2.24, 2.45) is 5.73 Å². The number of carbonyl (C=O) groups excluding carboxylic acids is 1. The summed E-state index contributed by atoms with van der Waals surface area (Å²) >= 11 is 0. The molecule has 1 unspecified atom stereocenters. The van der Waals surface area contributed by atoms with E-state index in [1.165, 1.54) is 12.7 Å². The molecule has 1 heterocycles. The number of nitrogens with two attached hydrogens (primary N) is 1. The van der Waals surface area contributed by atoms with E-state index >= 15 is 0 Å². The zero-order valence-corrected chi connectivity index (χ0v) is 12.0. The van der Waals surface area contributed by atoms with Crippen molar-refractivity contribution in [3.05, 3.63) is 35.9 Å². The minimum Gasteiger partial charge on any atom is -0.370 e. The van der Waals surface area contributed by atoms with E-state index < -0.39 is 6.10 Å². The van der Waals surface area contributed by atoms with Gasteiger partial charge in [0, 0.05) is 46.4 Å². The summed E-state index contributed by atoms with van der Waals surface area (Å²) in [4.78, 5) is 16.3. The van der Waals surface area contributed by atoms with Gasteiger partial charge in [-0.25, -0.2) is 0 Å². The summed E-state index contributed by atoms with van der Waals surface area (Å²) in [6.45, 7) is 4.44. The van der Waals surface area contributed by atoms with Crippen LogP contribution >= 0.6 is 0 Å². The van der Waals surface area contributed by atoms with Crippen LogP contribution in [0, 0.1) is 0 Å². The van der Waals surface area contributed by atoms with Crippen LogP contribution in [0.15, 0.2) is 30.3 Å². The van der Waals surface area contributed by atoms with Crippen LogP contribution in [-0.4, -0.2) is 61.6 Å². The molecule has 5 heteroatoms. The Bertz CT molecular complexity index is 412. The summed E-state index contributed by atoms with van der Waals surface area (Å²) in [5.74, 6) is 0.00867. The van der Waals surface area contributed by atoms with Crippen LogP contribution in [0.5, 0.6) is 0 Å². The molecule has 1 atom stereocenters. The first-order chi connectivity index (χ1) is 9.74. The maximum Gasteiger partial charge on any atom is 0.253 e. The maximum absolute atomic E-state index is 12.1. The van der Waals surface area contributed by atoms with E-state index in [0.717, 1.165) is 32.7 Å². The maximum atomic E-state index is 12.1. The first-order valence-electron chi connectivity index (χ1n) is 7.02. The zero-order chi connectivity index (χ0) is 14.4. The average molecular weight is 277 g/mol. The van der Waals surface area contributed by atoms with E-state index in [0.29, 0.717) is 0 Å². The molecular formula is C15H23N3O2. The van der Waals surface area contributed by atoms with E-state index in [9.17, 15) is 4.79 Å². The van der Waals surface area contributed by atoms with Gasteiger partial charge in [0.05, 0.1) is 0 Å². The molecule has 1 aliphatic heterocycles. The number of hydrogen-bond acceptors (Lipinski definition) is 4. The standard InChI is InChI=1S/C15H23N3O2/c1-20-14(11-16)15(19)18-9-7-17(8-10-18)12-13-5-3-2-4-6-13/h2-6,14H,7-12,16H2,1H3. The van der Waals surface area contributed by atoms with Crippen molar-refractivity contribution in [1.29, 1.82) is 0 Å². The van der Waals surface area contributed by atoms with Gasteiger partial charge in [-0.05, 0) is 5.56 Å². The lowest BCUT2D eigenvalue weighted by Gasteiger charge is -2.36. The number of ether oxygens (including phenoxy) is 1. The predicted octanol–water partition coefficient (Wildman–Crippen LogP) is 0.305. The topological polar surface area (TPSA) is 58.8 Å². The fourth-order valence-electron chi connectivity index (χ4n) is 2.47. The molecule has 1 saturated heterocycles. The van der Waals surface area contributed by atoms with Gasteiger partial charge in [0.25, 0.3) is 5.91 Å². The normalized spacial score (nSPS) is 18.0. The van der Waals surface area contributed by atoms with Crippen molar-refractivity contribution in [3.63, 3.8) is 0 Å². The number of carbonyl (C=O) groups is 1. The number of piperazine rings is 1. The van der Waals surface area contributed by atoms with Gasteiger partial charge in [0.2, 0.25) is 0 Å². The van der Waals surface area contributed by atoms with Gasteiger partial charge in [-0.15, -0.1) is 0 Å². The Hall–Kier alpha value is -1.43. The first kappa shape index (κ1) is 15.0. The lowest BCUT2D eigenvalue weighted by Crippen LogP contribution is -2.52. The molecule has 5 nitrogen and oxygen atoms in total. The minimum absolute atomic E-state index is 0.00867. The second-order valence-corrected chi connectivity index (χ2v) is 5.05. The van der Waals surface area contributed by atoms with Crippen LogP contribution in [0.25, 0.3) is 0 Å². The van der Waals surface area contributed by atoms with E-state index in [1.807, 2.05) is 11.0 Å². The molecule has 0 spiro atoms. The Morgan fingerprint density at radius 3 is 2.45 bits per heavy atom. The van der Waals surface area contributed by atoms with Crippen molar-refractivity contribution >= 4 is 5.91 Å². The Morgan fingerprint density at radius 1 is 1.25 bits per heavy atom. The van der Waals surface area contributed by atoms with Gasteiger partial charge < -0.3 is 15.4 Å². The smallest absolute Gasteiger partial charge is 0.253 e. The highest BCUT2D eigenvalue weighted by Crippen LogP contribution is 2.09. The molecule has 0 radical (unpaired) electrons. The van der Waals surface area contributed by atoms with E-state index in [1.54, 1.807) is 0 Å². The number of nitrogens with zero attached hydrogens (tertiary/aromatic N) is 2. The molecular weight excluding hydrogens is 254 g/mol. The van der Waals surface area contributed by atoms with Gasteiger partial charge in [-0.1, -0.05) is 30.3 Å². The zero-order valence-electron chi connectivity index (χ0n) is 12.0. The highest BCUT2D eigenvalue weighted by molar-refractivity contribution is 5.81. The monoisotopic (exact) mass is 277 g/mol. The van der Waals surface area contributed by atoms with Gasteiger partial charge in [0.1, 0.15) is 6.10 Å². The Morgan fingerprint density at radius 2 is 1.90 bits per heavy atom. The van der Waals surface area contributed by atoms with Crippen molar-refractivity contribution in [2.75, 3.05) is 39.8 Å². The van der Waals surface area contributed by atoms with Crippen LogP contribution < -0.4 is 5.73 Å². The van der Waals surface area contributed by atoms with E-state index in [-0.39, 0.29) is 12.5 Å². The summed E-state index contributed by atoms with van der Waals surface area (Å²) in [5, 5.41) is 0. The van der Waals surface area contributed by atoms with Crippen molar-refractivity contribution < 1.29 is 9.53 Å². The van der Waals surface area contributed by atoms with E-state index in [4.69, 9.17) is 10.5 Å². The third-order valence-electron chi connectivity index (χ3n) is 3.71. The fourth-order valence-corrected chi connectivity index (χ4v) is 2.47. The van der Waals surface area contributed by atoms with Gasteiger partial charge in [-0.3, -0.25) is 9.69 Å². The second-order valence-electron chi connectivity index (χ2n) is 5.05. The second kappa shape index (κ2) is 7.38. The van der Waals surface area contributed by atoms with Crippen LogP contribution in [0.3, 0.4) is 0 Å². The van der Waals surface area contributed by atoms with Crippen LogP contribution in [-0.2, 0) is 16.1 Å². The van der Waals surface area contributed by atoms with Crippen LogP contribution in [0.1, 0.15) is 5.56 Å². The van der Waals surface area contributed by atoms with Crippen molar-refractivity contribution in [2.45, 2.75) is 12.6 Å². The largest absolute Gasteiger partial charge is 0.370 e. The van der Waals surface area contributed by atoms with Gasteiger partial charge in [0.15, 0.2) is 0 Å². The molecule has 0 bridgehead atoms. The van der Waals surface area contributed by atoms with E-state index in [2.05, 4.69) is 29.2 Å². The summed E-state index contributed by atoms with van der Waals surface area (Å²) in [6, 6.07) is 10.4. The predicted molar refractivity (Wildman–Crippen MR) is 78.2 cm³/mol. The molecule has 0 saturated carbocycles. The summed E-state index contributed by atoms with van der Waals surface area (Å²) in [7, 11) is 1.53. The third kappa shape index (κ3) is 3.79. The number of hydrogen-bond donors (Lipinski definition) is 1. The van der Waals surface area contributed by atoms with Crippen LogP contribution in [0.2, 0.25) is 0 Å². The fraction of sp³-hybridized carbons (Fsp3) is 0.533. The quantitative estimate of drug-likeness (QED) is 0.841. The van der Waals surface area contributed by atoms with Crippen molar-refractivity contribution in [1.82, 2.24) is 9.80 Å².